The first kappa shape index (κ1) is 9.26. The molecule has 0 aliphatic heterocycles. The maximum atomic E-state index is 3.56. The standard InChI is InChI=1S/C12H15Br/c1-9(8-13)11-4-2-3-5-12(11)10-6-7-10/h2-5,9-10H,6-8H2,1H3. The van der Waals surface area contributed by atoms with Crippen molar-refractivity contribution < 1.29 is 0 Å². The summed E-state index contributed by atoms with van der Waals surface area (Å²) < 4.78 is 0. The Labute approximate surface area is 88.5 Å². The summed E-state index contributed by atoms with van der Waals surface area (Å²) in [6, 6.07) is 8.89. The van der Waals surface area contributed by atoms with Gasteiger partial charge < -0.3 is 0 Å². The van der Waals surface area contributed by atoms with Crippen LogP contribution in [-0.4, -0.2) is 5.33 Å². The summed E-state index contributed by atoms with van der Waals surface area (Å²) in [5.74, 6) is 1.52. The minimum absolute atomic E-state index is 0.650. The minimum Gasteiger partial charge on any atom is -0.0922 e. The summed E-state index contributed by atoms with van der Waals surface area (Å²) in [7, 11) is 0. The molecule has 1 aliphatic carbocycles. The van der Waals surface area contributed by atoms with Crippen LogP contribution in [0, 0.1) is 0 Å². The number of alkyl halides is 1. The van der Waals surface area contributed by atoms with Crippen LogP contribution in [0.1, 0.15) is 42.7 Å². The Balaban J connectivity index is 2.31. The number of hydrogen-bond acceptors (Lipinski definition) is 0. The zero-order valence-corrected chi connectivity index (χ0v) is 9.55. The van der Waals surface area contributed by atoms with Crippen molar-refractivity contribution in [3.63, 3.8) is 0 Å². The molecule has 0 spiro atoms. The summed E-state index contributed by atoms with van der Waals surface area (Å²) in [4.78, 5) is 0. The molecule has 13 heavy (non-hydrogen) atoms. The van der Waals surface area contributed by atoms with E-state index in [4.69, 9.17) is 0 Å². The van der Waals surface area contributed by atoms with Crippen LogP contribution in [0.2, 0.25) is 0 Å². The molecule has 1 aromatic rings. The molecule has 1 unspecified atom stereocenters. The lowest BCUT2D eigenvalue weighted by atomic mass is 9.95. The van der Waals surface area contributed by atoms with Crippen LogP contribution in [0.3, 0.4) is 0 Å². The van der Waals surface area contributed by atoms with Gasteiger partial charge in [-0.1, -0.05) is 47.1 Å². The van der Waals surface area contributed by atoms with Gasteiger partial charge in [-0.3, -0.25) is 0 Å². The van der Waals surface area contributed by atoms with Crippen LogP contribution in [0.25, 0.3) is 0 Å². The highest BCUT2D eigenvalue weighted by molar-refractivity contribution is 9.09. The van der Waals surface area contributed by atoms with Crippen molar-refractivity contribution in [2.24, 2.45) is 0 Å². The van der Waals surface area contributed by atoms with Crippen LogP contribution in [0.5, 0.6) is 0 Å². The first-order valence-corrected chi connectivity index (χ1v) is 6.10. The predicted octanol–water partition coefficient (Wildman–Crippen LogP) is 4.06. The lowest BCUT2D eigenvalue weighted by Gasteiger charge is -2.13. The fourth-order valence-corrected chi connectivity index (χ4v) is 2.16. The van der Waals surface area contributed by atoms with E-state index in [1.807, 2.05) is 0 Å². The second-order valence-electron chi connectivity index (χ2n) is 3.96. The molecule has 0 saturated heterocycles. The van der Waals surface area contributed by atoms with Gasteiger partial charge in [0.05, 0.1) is 0 Å². The Bertz CT molecular complexity index is 289. The number of hydrogen-bond donors (Lipinski definition) is 0. The second-order valence-corrected chi connectivity index (χ2v) is 4.61. The van der Waals surface area contributed by atoms with E-state index < -0.39 is 0 Å². The van der Waals surface area contributed by atoms with Crippen molar-refractivity contribution in [3.05, 3.63) is 35.4 Å². The Morgan fingerprint density at radius 3 is 2.69 bits per heavy atom. The van der Waals surface area contributed by atoms with E-state index in [0.29, 0.717) is 5.92 Å². The van der Waals surface area contributed by atoms with Crippen molar-refractivity contribution in [2.45, 2.75) is 31.6 Å². The second kappa shape index (κ2) is 3.83. The van der Waals surface area contributed by atoms with Gasteiger partial charge in [-0.2, -0.15) is 0 Å². The minimum atomic E-state index is 0.650. The maximum Gasteiger partial charge on any atom is 0.00976 e. The molecule has 1 fully saturated rings. The van der Waals surface area contributed by atoms with Gasteiger partial charge in [0, 0.05) is 5.33 Å². The van der Waals surface area contributed by atoms with E-state index in [1.165, 1.54) is 12.8 Å². The molecule has 0 amide bonds. The van der Waals surface area contributed by atoms with Crippen molar-refractivity contribution in [2.75, 3.05) is 5.33 Å². The van der Waals surface area contributed by atoms with E-state index in [1.54, 1.807) is 11.1 Å². The van der Waals surface area contributed by atoms with Crippen LogP contribution < -0.4 is 0 Å². The van der Waals surface area contributed by atoms with Gasteiger partial charge in [0.25, 0.3) is 0 Å². The Morgan fingerprint density at radius 1 is 1.38 bits per heavy atom. The van der Waals surface area contributed by atoms with E-state index in [2.05, 4.69) is 47.1 Å². The zero-order chi connectivity index (χ0) is 9.26. The van der Waals surface area contributed by atoms with Gasteiger partial charge in [-0.05, 0) is 35.8 Å². The monoisotopic (exact) mass is 238 g/mol. The Kier molecular flexibility index (Phi) is 2.73. The molecule has 1 aromatic carbocycles. The molecular formula is C12H15Br. The molecule has 70 valence electrons. The highest BCUT2D eigenvalue weighted by Crippen LogP contribution is 2.43. The average molecular weight is 239 g/mol. The first-order valence-electron chi connectivity index (χ1n) is 4.97. The predicted molar refractivity (Wildman–Crippen MR) is 60.6 cm³/mol. The van der Waals surface area contributed by atoms with E-state index in [0.717, 1.165) is 11.2 Å². The molecule has 0 bridgehead atoms. The fraction of sp³-hybridized carbons (Fsp3) is 0.500. The van der Waals surface area contributed by atoms with Crippen molar-refractivity contribution in [1.29, 1.82) is 0 Å². The van der Waals surface area contributed by atoms with E-state index >= 15 is 0 Å². The third kappa shape index (κ3) is 1.96. The smallest absolute Gasteiger partial charge is 0.00976 e. The summed E-state index contributed by atoms with van der Waals surface area (Å²) in [5, 5.41) is 1.07. The van der Waals surface area contributed by atoms with Crippen LogP contribution in [0.15, 0.2) is 24.3 Å². The Morgan fingerprint density at radius 2 is 2.08 bits per heavy atom. The van der Waals surface area contributed by atoms with Crippen LogP contribution >= 0.6 is 15.9 Å². The molecular weight excluding hydrogens is 224 g/mol. The van der Waals surface area contributed by atoms with E-state index in [9.17, 15) is 0 Å². The highest BCUT2D eigenvalue weighted by atomic mass is 79.9. The third-order valence-corrected chi connectivity index (χ3v) is 3.75. The van der Waals surface area contributed by atoms with Gasteiger partial charge >= 0.3 is 0 Å². The van der Waals surface area contributed by atoms with E-state index in [-0.39, 0.29) is 0 Å². The summed E-state index contributed by atoms with van der Waals surface area (Å²) in [6.07, 6.45) is 2.79. The summed E-state index contributed by atoms with van der Waals surface area (Å²) >= 11 is 3.56. The number of benzene rings is 1. The zero-order valence-electron chi connectivity index (χ0n) is 7.96. The number of rotatable bonds is 3. The molecule has 1 heteroatoms. The molecule has 0 nitrogen and oxygen atoms in total. The molecule has 0 aromatic heterocycles. The lowest BCUT2D eigenvalue weighted by Crippen LogP contribution is -1.98. The quantitative estimate of drug-likeness (QED) is 0.697. The first-order chi connectivity index (χ1) is 6.33. The molecule has 0 N–H and O–H groups in total. The summed E-state index contributed by atoms with van der Waals surface area (Å²) in [6.45, 7) is 2.29. The van der Waals surface area contributed by atoms with Crippen LogP contribution in [0.4, 0.5) is 0 Å². The van der Waals surface area contributed by atoms with Crippen LogP contribution in [-0.2, 0) is 0 Å². The molecule has 1 saturated carbocycles. The highest BCUT2D eigenvalue weighted by Gasteiger charge is 2.26. The Hall–Kier alpha value is -0.300. The van der Waals surface area contributed by atoms with Crippen molar-refractivity contribution >= 4 is 15.9 Å². The average Bonchev–Trinajstić information content (AvgIpc) is 3.00. The SMILES string of the molecule is CC(CBr)c1ccccc1C1CC1. The molecule has 0 heterocycles. The third-order valence-electron chi connectivity index (χ3n) is 2.78. The normalized spacial score (nSPS) is 18.6. The molecule has 0 radical (unpaired) electrons. The molecule has 1 atom stereocenters. The summed E-state index contributed by atoms with van der Waals surface area (Å²) in [5.41, 5.74) is 3.14. The maximum absolute atomic E-state index is 3.56. The van der Waals surface area contributed by atoms with Crippen molar-refractivity contribution in [1.82, 2.24) is 0 Å². The van der Waals surface area contributed by atoms with Gasteiger partial charge in [0.2, 0.25) is 0 Å². The van der Waals surface area contributed by atoms with Gasteiger partial charge in [0.1, 0.15) is 0 Å². The lowest BCUT2D eigenvalue weighted by molar-refractivity contribution is 0.860. The fourth-order valence-electron chi connectivity index (χ4n) is 1.81. The van der Waals surface area contributed by atoms with Gasteiger partial charge in [-0.15, -0.1) is 0 Å². The molecule has 1 aliphatic rings. The number of halogens is 1. The van der Waals surface area contributed by atoms with Gasteiger partial charge in [-0.25, -0.2) is 0 Å². The largest absolute Gasteiger partial charge is 0.0922 e. The topological polar surface area (TPSA) is 0 Å². The van der Waals surface area contributed by atoms with Gasteiger partial charge in [0.15, 0.2) is 0 Å². The molecule has 2 rings (SSSR count). The van der Waals surface area contributed by atoms with Crippen molar-refractivity contribution in [3.8, 4) is 0 Å².